The Morgan fingerprint density at radius 2 is 0.661 bits per heavy atom. The van der Waals surface area contributed by atoms with Gasteiger partial charge in [0.05, 0.1) is 22.3 Å². The SMILES string of the molecule is Brc1ccccc1C(Br)(c1c(Br)c(Br)c(Br)c(Br)c1Br)C(Br)(Br)Br.O=C1c2c(Br)c(Br)c(Br)c(Br)c2C(=O)N1CCN1C(=O)c2c(Br)c(Br)c(Br)c(Br)c2C1=O. The molecule has 0 bridgehead atoms. The largest absolute Gasteiger partial charge is 0.272 e. The number of hydrogen-bond acceptors (Lipinski definition) is 4. The number of rotatable bonds is 5. The molecule has 1 unspecified atom stereocenters. The molecule has 2 aliphatic heterocycles. The molecule has 6 rings (SSSR count). The first-order chi connectivity index (χ1) is 25.9. The number of carbonyl (C=O) groups excluding carboxylic acids is 4. The average molecular weight is 1920 g/mol. The van der Waals surface area contributed by atoms with Gasteiger partial charge in [-0.05, 0) is 219 Å². The smallest absolute Gasteiger partial charge is 0.262 e. The summed E-state index contributed by atoms with van der Waals surface area (Å²) in [4.78, 5) is 54.2. The summed E-state index contributed by atoms with van der Waals surface area (Å²) < 4.78 is 8.20. The van der Waals surface area contributed by atoms with Crippen molar-refractivity contribution in [3.8, 4) is 0 Å². The second-order valence-corrected chi connectivity index (χ2v) is 30.2. The van der Waals surface area contributed by atoms with Crippen molar-refractivity contribution in [1.82, 2.24) is 9.80 Å². The van der Waals surface area contributed by atoms with Crippen molar-refractivity contribution >= 4 is 310 Å². The minimum Gasteiger partial charge on any atom is -0.272 e. The molecule has 4 amide bonds. The van der Waals surface area contributed by atoms with Crippen molar-refractivity contribution < 1.29 is 19.2 Å². The summed E-state index contributed by atoms with van der Waals surface area (Å²) in [6.07, 6.45) is 0. The predicted octanol–water partition coefficient (Wildman–Crippen LogP) is 18.4. The minimum atomic E-state index is -0.691. The Labute approximate surface area is 470 Å². The summed E-state index contributed by atoms with van der Waals surface area (Å²) in [5.41, 5.74) is 2.82. The van der Waals surface area contributed by atoms with Crippen LogP contribution in [0.5, 0.6) is 0 Å². The van der Waals surface area contributed by atoms with Crippen molar-refractivity contribution in [1.29, 1.82) is 0 Å². The average Bonchev–Trinajstić information content (AvgIpc) is 3.54. The number of fused-ring (bicyclic) bond motifs is 2. The monoisotopic (exact) mass is 1900 g/mol. The number of nitrogens with zero attached hydrogens (tertiary/aromatic N) is 2. The first-order valence-corrected chi connectivity index (χ1v) is 28.6. The normalized spacial score (nSPS) is 15.0. The van der Waals surface area contributed by atoms with E-state index >= 15 is 0 Å². The van der Waals surface area contributed by atoms with Crippen LogP contribution in [0, 0.1) is 0 Å². The lowest BCUT2D eigenvalue weighted by molar-refractivity contribution is 0.0560. The lowest BCUT2D eigenvalue weighted by Gasteiger charge is -2.39. The third kappa shape index (κ3) is 8.89. The highest BCUT2D eigenvalue weighted by Gasteiger charge is 2.52. The Hall–Kier alpha value is 3.80. The van der Waals surface area contributed by atoms with E-state index < -0.39 is 30.1 Å². The number of carbonyl (C=O) groups is 4. The topological polar surface area (TPSA) is 74.8 Å². The number of imide groups is 2. The summed E-state index contributed by atoms with van der Waals surface area (Å²) in [5.74, 6) is -2.07. The maximum atomic E-state index is 13.0. The van der Waals surface area contributed by atoms with E-state index in [2.05, 4.69) is 293 Å². The zero-order valence-corrected chi connectivity index (χ0v) is 54.6. The molecule has 56 heavy (non-hydrogen) atoms. The second kappa shape index (κ2) is 19.7. The van der Waals surface area contributed by atoms with Crippen molar-refractivity contribution in [2.45, 2.75) is 6.47 Å². The molecule has 0 saturated heterocycles. The summed E-state index contributed by atoms with van der Waals surface area (Å²) in [6.45, 7) is -0.299. The van der Waals surface area contributed by atoms with Crippen LogP contribution in [-0.4, -0.2) is 48.7 Å². The van der Waals surface area contributed by atoms with Crippen molar-refractivity contribution in [2.75, 3.05) is 13.1 Å². The highest BCUT2D eigenvalue weighted by atomic mass is 80.0. The van der Waals surface area contributed by atoms with Crippen LogP contribution in [0.15, 0.2) is 86.9 Å². The number of hydrogen-bond donors (Lipinski definition) is 0. The summed E-state index contributed by atoms with van der Waals surface area (Å²) >= 11 is 64.1. The van der Waals surface area contributed by atoms with Crippen LogP contribution in [0.1, 0.15) is 52.6 Å². The number of alkyl halides is 4. The molecule has 2 aliphatic rings. The second-order valence-electron chi connectivity index (χ2n) is 11.1. The van der Waals surface area contributed by atoms with Crippen LogP contribution in [0.4, 0.5) is 0 Å². The van der Waals surface area contributed by atoms with Gasteiger partial charge >= 0.3 is 0 Å². The Morgan fingerprint density at radius 1 is 0.393 bits per heavy atom. The molecule has 0 aliphatic carbocycles. The fourth-order valence-corrected chi connectivity index (χ4v) is 17.4. The molecule has 0 N–H and O–H groups in total. The van der Waals surface area contributed by atoms with Crippen molar-refractivity contribution in [2.24, 2.45) is 0 Å². The van der Waals surface area contributed by atoms with E-state index in [1.165, 1.54) is 0 Å². The first-order valence-electron chi connectivity index (χ1n) is 14.3. The van der Waals surface area contributed by atoms with Gasteiger partial charge in [0.1, 0.15) is 4.32 Å². The molecule has 6 nitrogen and oxygen atoms in total. The molecule has 24 heteroatoms. The van der Waals surface area contributed by atoms with Crippen LogP contribution < -0.4 is 0 Å². The molecule has 1 atom stereocenters. The third-order valence-corrected chi connectivity index (χ3v) is 29.2. The molecule has 0 spiro atoms. The summed E-state index contributed by atoms with van der Waals surface area (Å²) in [5, 5.41) is 0. The van der Waals surface area contributed by atoms with Gasteiger partial charge < -0.3 is 0 Å². The van der Waals surface area contributed by atoms with Crippen LogP contribution in [0.25, 0.3) is 0 Å². The molecule has 296 valence electrons. The number of amides is 4. The fourth-order valence-electron chi connectivity index (χ4n) is 5.47. The third-order valence-electron chi connectivity index (χ3n) is 8.11. The van der Waals surface area contributed by atoms with Gasteiger partial charge in [-0.1, -0.05) is 97.8 Å². The highest BCUT2D eigenvalue weighted by molar-refractivity contribution is 9.40. The van der Waals surface area contributed by atoms with E-state index in [1.807, 2.05) is 18.2 Å². The van der Waals surface area contributed by atoms with Gasteiger partial charge in [-0.2, -0.15) is 0 Å². The Bertz CT molecular complexity index is 2210. The van der Waals surface area contributed by atoms with Gasteiger partial charge in [-0.3, -0.25) is 29.0 Å². The maximum Gasteiger partial charge on any atom is 0.262 e. The van der Waals surface area contributed by atoms with E-state index in [0.29, 0.717) is 35.8 Å². The first kappa shape index (κ1) is 50.8. The van der Waals surface area contributed by atoms with Crippen LogP contribution >= 0.6 is 287 Å². The molecule has 0 saturated carbocycles. The number of benzene rings is 4. The lowest BCUT2D eigenvalue weighted by atomic mass is 9.92. The van der Waals surface area contributed by atoms with Crippen LogP contribution in [-0.2, 0) is 4.32 Å². The molecule has 4 aromatic rings. The quantitative estimate of drug-likeness (QED) is 0.0864. The van der Waals surface area contributed by atoms with Gasteiger partial charge in [0.15, 0.2) is 2.14 Å². The standard InChI is InChI=1S/C18H4Br8N2O4.C14H4Br10/c19-7-3-4(8(20)12(24)11(7)23)16(30)27(15(3)29)1-2-28-17(31)5-6(18(28)32)10(22)14(26)13(25)9(5)21;15-6-4-2-1-3-5(6)13(21,14(22,23)24)7-8(16)10(18)12(20)11(19)9(7)17/h1-2H2;1-4H. The van der Waals surface area contributed by atoms with E-state index in [1.54, 1.807) is 0 Å². The summed E-state index contributed by atoms with van der Waals surface area (Å²) in [7, 11) is 0. The zero-order valence-electron chi connectivity index (χ0n) is 26.1. The van der Waals surface area contributed by atoms with E-state index in [-0.39, 0.29) is 35.3 Å². The molecular formula is C32H8Br18N2O4. The minimum absolute atomic E-state index is 0.149. The van der Waals surface area contributed by atoms with Crippen molar-refractivity contribution in [3.05, 3.63) is 120 Å². The molecule has 2 heterocycles. The van der Waals surface area contributed by atoms with Gasteiger partial charge in [-0.15, -0.1) is 0 Å². The predicted molar refractivity (Wildman–Crippen MR) is 284 cm³/mol. The zero-order chi connectivity index (χ0) is 42.3. The molecule has 0 radical (unpaired) electrons. The molecule has 0 fully saturated rings. The van der Waals surface area contributed by atoms with Crippen molar-refractivity contribution in [3.63, 3.8) is 0 Å². The van der Waals surface area contributed by atoms with Gasteiger partial charge in [-0.25, -0.2) is 0 Å². The van der Waals surface area contributed by atoms with Gasteiger partial charge in [0, 0.05) is 81.3 Å². The number of halogens is 18. The molecule has 0 aromatic heterocycles. The lowest BCUT2D eigenvalue weighted by Crippen LogP contribution is -2.40. The van der Waals surface area contributed by atoms with Gasteiger partial charge in [0.25, 0.3) is 23.6 Å². The Morgan fingerprint density at radius 3 is 0.946 bits per heavy atom. The Balaban J connectivity index is 0.000000224. The molecular weight excluding hydrogens is 1910 g/mol. The molecule has 4 aromatic carbocycles. The van der Waals surface area contributed by atoms with Crippen LogP contribution in [0.3, 0.4) is 0 Å². The van der Waals surface area contributed by atoms with Gasteiger partial charge in [0.2, 0.25) is 0 Å². The van der Waals surface area contributed by atoms with E-state index in [4.69, 9.17) is 0 Å². The van der Waals surface area contributed by atoms with E-state index in [0.717, 1.165) is 47.8 Å². The fraction of sp³-hybridized carbons (Fsp3) is 0.125. The summed E-state index contributed by atoms with van der Waals surface area (Å²) in [6, 6.07) is 8.05. The Kier molecular flexibility index (Phi) is 17.9. The maximum absolute atomic E-state index is 13.0. The van der Waals surface area contributed by atoms with E-state index in [9.17, 15) is 19.2 Å². The highest BCUT2D eigenvalue weighted by Crippen LogP contribution is 2.64. The van der Waals surface area contributed by atoms with Crippen LogP contribution in [0.2, 0.25) is 0 Å².